The third-order valence-electron chi connectivity index (χ3n) is 3.51. The van der Waals surface area contributed by atoms with Crippen molar-refractivity contribution < 1.29 is 4.42 Å². The number of benzene rings is 1. The Morgan fingerprint density at radius 3 is 2.67 bits per heavy atom. The van der Waals surface area contributed by atoms with Crippen molar-refractivity contribution in [2.24, 2.45) is 5.73 Å². The number of rotatable bonds is 1. The molecule has 1 aromatic carbocycles. The Kier molecular flexibility index (Phi) is 1.86. The minimum Gasteiger partial charge on any atom is -0.464 e. The molecule has 0 saturated heterocycles. The van der Waals surface area contributed by atoms with E-state index in [0.29, 0.717) is 0 Å². The summed E-state index contributed by atoms with van der Waals surface area (Å²) in [5.41, 5.74) is 8.42. The maximum absolute atomic E-state index is 6.43. The molecule has 0 atom stereocenters. The molecule has 1 aliphatic carbocycles. The molecule has 3 rings (SSSR count). The molecular weight excluding hydrogens is 186 g/mol. The van der Waals surface area contributed by atoms with Gasteiger partial charge in [-0.15, -0.1) is 0 Å². The van der Waals surface area contributed by atoms with Crippen molar-refractivity contribution >= 4 is 11.0 Å². The molecule has 1 heterocycles. The van der Waals surface area contributed by atoms with Crippen LogP contribution in [-0.4, -0.2) is 0 Å². The number of furan rings is 1. The van der Waals surface area contributed by atoms with Gasteiger partial charge in [-0.2, -0.15) is 0 Å². The highest BCUT2D eigenvalue weighted by Crippen LogP contribution is 2.40. The molecule has 2 nitrogen and oxygen atoms in total. The molecule has 0 aliphatic heterocycles. The first-order valence-corrected chi connectivity index (χ1v) is 5.55. The van der Waals surface area contributed by atoms with E-state index in [2.05, 4.69) is 6.07 Å². The smallest absolute Gasteiger partial charge is 0.134 e. The van der Waals surface area contributed by atoms with Gasteiger partial charge < -0.3 is 10.2 Å². The van der Waals surface area contributed by atoms with Gasteiger partial charge in [-0.05, 0) is 18.9 Å². The van der Waals surface area contributed by atoms with Crippen LogP contribution in [-0.2, 0) is 5.54 Å². The summed E-state index contributed by atoms with van der Waals surface area (Å²) in [6.45, 7) is 0. The highest BCUT2D eigenvalue weighted by Gasteiger charge is 2.33. The van der Waals surface area contributed by atoms with Gasteiger partial charge in [0.2, 0.25) is 0 Å². The van der Waals surface area contributed by atoms with Crippen molar-refractivity contribution in [3.05, 3.63) is 36.1 Å². The lowest BCUT2D eigenvalue weighted by molar-refractivity contribution is 0.455. The quantitative estimate of drug-likeness (QED) is 0.769. The number of nitrogens with two attached hydrogens (primary N) is 1. The average Bonchev–Trinajstić information content (AvgIpc) is 2.84. The van der Waals surface area contributed by atoms with Crippen molar-refractivity contribution in [1.29, 1.82) is 0 Å². The number of para-hydroxylation sites is 1. The van der Waals surface area contributed by atoms with E-state index in [9.17, 15) is 0 Å². The molecule has 0 bridgehead atoms. The molecule has 1 aliphatic rings. The zero-order chi connectivity index (χ0) is 10.3. The monoisotopic (exact) mass is 201 g/mol. The topological polar surface area (TPSA) is 39.2 Å². The van der Waals surface area contributed by atoms with E-state index in [1.165, 1.54) is 23.8 Å². The number of fused-ring (bicyclic) bond motifs is 1. The standard InChI is InChI=1S/C13H15NO/c14-13(7-3-4-8-13)11-9-15-12-6-2-1-5-10(11)12/h1-2,5-6,9H,3-4,7-8,14H2. The molecule has 1 fully saturated rings. The third kappa shape index (κ3) is 1.29. The van der Waals surface area contributed by atoms with Crippen molar-refractivity contribution in [3.8, 4) is 0 Å². The van der Waals surface area contributed by atoms with Crippen LogP contribution in [0.5, 0.6) is 0 Å². The van der Waals surface area contributed by atoms with E-state index in [0.717, 1.165) is 18.4 Å². The van der Waals surface area contributed by atoms with E-state index >= 15 is 0 Å². The van der Waals surface area contributed by atoms with Gasteiger partial charge in [0, 0.05) is 16.5 Å². The lowest BCUT2D eigenvalue weighted by Gasteiger charge is -2.22. The van der Waals surface area contributed by atoms with Gasteiger partial charge >= 0.3 is 0 Å². The van der Waals surface area contributed by atoms with Crippen LogP contribution in [0.2, 0.25) is 0 Å². The first-order chi connectivity index (χ1) is 7.30. The van der Waals surface area contributed by atoms with Crippen molar-refractivity contribution in [1.82, 2.24) is 0 Å². The zero-order valence-corrected chi connectivity index (χ0v) is 8.70. The van der Waals surface area contributed by atoms with Crippen LogP contribution in [0.3, 0.4) is 0 Å². The van der Waals surface area contributed by atoms with Crippen molar-refractivity contribution in [3.63, 3.8) is 0 Å². The Labute approximate surface area is 89.1 Å². The van der Waals surface area contributed by atoms with E-state index in [-0.39, 0.29) is 5.54 Å². The SMILES string of the molecule is NC1(c2coc3ccccc23)CCCC1. The Bertz CT molecular complexity index is 480. The molecule has 0 spiro atoms. The Morgan fingerprint density at radius 2 is 1.87 bits per heavy atom. The molecular formula is C13H15NO. The summed E-state index contributed by atoms with van der Waals surface area (Å²) in [7, 11) is 0. The second-order valence-corrected chi connectivity index (χ2v) is 4.51. The molecule has 0 unspecified atom stereocenters. The molecule has 1 saturated carbocycles. The molecule has 2 aromatic rings. The fourth-order valence-corrected chi connectivity index (χ4v) is 2.64. The summed E-state index contributed by atoms with van der Waals surface area (Å²) in [4.78, 5) is 0. The fourth-order valence-electron chi connectivity index (χ4n) is 2.64. The maximum atomic E-state index is 6.43. The summed E-state index contributed by atoms with van der Waals surface area (Å²) in [6.07, 6.45) is 6.47. The van der Waals surface area contributed by atoms with Crippen LogP contribution in [0.1, 0.15) is 31.2 Å². The predicted molar refractivity (Wildman–Crippen MR) is 60.5 cm³/mol. The van der Waals surface area contributed by atoms with Crippen LogP contribution >= 0.6 is 0 Å². The van der Waals surface area contributed by atoms with Gasteiger partial charge in [0.05, 0.1) is 6.26 Å². The molecule has 0 radical (unpaired) electrons. The van der Waals surface area contributed by atoms with Crippen molar-refractivity contribution in [2.45, 2.75) is 31.2 Å². The first kappa shape index (κ1) is 8.98. The van der Waals surface area contributed by atoms with Crippen LogP contribution in [0.15, 0.2) is 34.9 Å². The van der Waals surface area contributed by atoms with E-state index in [1.54, 1.807) is 0 Å². The summed E-state index contributed by atoms with van der Waals surface area (Å²) in [5, 5.41) is 1.18. The van der Waals surface area contributed by atoms with E-state index in [4.69, 9.17) is 10.2 Å². The summed E-state index contributed by atoms with van der Waals surface area (Å²) < 4.78 is 5.55. The van der Waals surface area contributed by atoms with Crippen LogP contribution in [0.25, 0.3) is 11.0 Å². The molecule has 2 heteroatoms. The highest BCUT2D eigenvalue weighted by atomic mass is 16.3. The van der Waals surface area contributed by atoms with Gasteiger partial charge in [0.1, 0.15) is 5.58 Å². The summed E-state index contributed by atoms with van der Waals surface area (Å²) >= 11 is 0. The normalized spacial score (nSPS) is 19.8. The molecule has 78 valence electrons. The Balaban J connectivity index is 2.18. The van der Waals surface area contributed by atoms with Crippen LogP contribution < -0.4 is 5.73 Å². The van der Waals surface area contributed by atoms with Gasteiger partial charge in [0.15, 0.2) is 0 Å². The second-order valence-electron chi connectivity index (χ2n) is 4.51. The van der Waals surface area contributed by atoms with Crippen LogP contribution in [0.4, 0.5) is 0 Å². The molecule has 0 amide bonds. The second kappa shape index (κ2) is 3.11. The summed E-state index contributed by atoms with van der Waals surface area (Å²) in [6, 6.07) is 8.13. The minimum atomic E-state index is -0.146. The Hall–Kier alpha value is -1.28. The first-order valence-electron chi connectivity index (χ1n) is 5.55. The highest BCUT2D eigenvalue weighted by molar-refractivity contribution is 5.82. The van der Waals surface area contributed by atoms with Gasteiger partial charge in [-0.3, -0.25) is 0 Å². The van der Waals surface area contributed by atoms with E-state index < -0.39 is 0 Å². The number of hydrogen-bond donors (Lipinski definition) is 1. The summed E-state index contributed by atoms with van der Waals surface area (Å²) in [5.74, 6) is 0. The van der Waals surface area contributed by atoms with Gasteiger partial charge in [-0.25, -0.2) is 0 Å². The maximum Gasteiger partial charge on any atom is 0.134 e. The van der Waals surface area contributed by atoms with Crippen molar-refractivity contribution in [2.75, 3.05) is 0 Å². The van der Waals surface area contributed by atoms with Crippen LogP contribution in [0, 0.1) is 0 Å². The number of hydrogen-bond acceptors (Lipinski definition) is 2. The zero-order valence-electron chi connectivity index (χ0n) is 8.70. The largest absolute Gasteiger partial charge is 0.464 e. The third-order valence-corrected chi connectivity index (χ3v) is 3.51. The molecule has 2 N–H and O–H groups in total. The fraction of sp³-hybridized carbons (Fsp3) is 0.385. The average molecular weight is 201 g/mol. The Morgan fingerprint density at radius 1 is 1.13 bits per heavy atom. The molecule has 1 aromatic heterocycles. The lowest BCUT2D eigenvalue weighted by Crippen LogP contribution is -2.32. The predicted octanol–water partition coefficient (Wildman–Crippen LogP) is 3.16. The van der Waals surface area contributed by atoms with Gasteiger partial charge in [0.25, 0.3) is 0 Å². The lowest BCUT2D eigenvalue weighted by atomic mass is 9.89. The minimum absolute atomic E-state index is 0.146. The molecule has 15 heavy (non-hydrogen) atoms. The van der Waals surface area contributed by atoms with Gasteiger partial charge in [-0.1, -0.05) is 31.0 Å². The van der Waals surface area contributed by atoms with E-state index in [1.807, 2.05) is 24.5 Å².